The number of carbonyl (C=O) groups excluding carboxylic acids is 1. The van der Waals surface area contributed by atoms with Gasteiger partial charge in [0.25, 0.3) is 10.0 Å². The first-order valence-corrected chi connectivity index (χ1v) is 13.9. The van der Waals surface area contributed by atoms with Gasteiger partial charge in [-0.2, -0.15) is 0 Å². The Balaban J connectivity index is 1.68. The number of nitrogens with one attached hydrogen (secondary N) is 1. The smallest absolute Gasteiger partial charge is 0.407 e. The molecule has 40 heavy (non-hydrogen) atoms. The van der Waals surface area contributed by atoms with Crippen LogP contribution < -0.4 is 9.62 Å². The quantitative estimate of drug-likeness (QED) is 0.225. The minimum atomic E-state index is -4.50. The van der Waals surface area contributed by atoms with E-state index in [1.54, 1.807) is 0 Å². The van der Waals surface area contributed by atoms with Crippen molar-refractivity contribution in [3.8, 4) is 0 Å². The van der Waals surface area contributed by atoms with Gasteiger partial charge in [0, 0.05) is 17.6 Å². The summed E-state index contributed by atoms with van der Waals surface area (Å²) in [5.41, 5.74) is 0.618. The summed E-state index contributed by atoms with van der Waals surface area (Å²) in [6.45, 7) is 1.21. The van der Waals surface area contributed by atoms with Crippen molar-refractivity contribution in [2.24, 2.45) is 0 Å². The van der Waals surface area contributed by atoms with Gasteiger partial charge in [-0.1, -0.05) is 48.0 Å². The average Bonchev–Trinajstić information content (AvgIpc) is 2.93. The topological polar surface area (TPSA) is 75.7 Å². The maximum Gasteiger partial charge on any atom is 0.407 e. The lowest BCUT2D eigenvalue weighted by atomic mass is 10.0. The Morgan fingerprint density at radius 2 is 1.57 bits per heavy atom. The van der Waals surface area contributed by atoms with Crippen LogP contribution in [0.2, 0.25) is 5.02 Å². The number of sulfonamides is 1. The molecule has 208 valence electrons. The molecule has 0 saturated heterocycles. The molecule has 0 fully saturated rings. The van der Waals surface area contributed by atoms with Crippen LogP contribution in [0.4, 0.5) is 23.7 Å². The van der Waals surface area contributed by atoms with Crippen molar-refractivity contribution in [1.82, 2.24) is 5.32 Å². The lowest BCUT2D eigenvalue weighted by Crippen LogP contribution is -2.35. The molecule has 4 aromatic rings. The largest absolute Gasteiger partial charge is 0.445 e. The molecule has 0 unspecified atom stereocenters. The van der Waals surface area contributed by atoms with E-state index in [-0.39, 0.29) is 27.6 Å². The first kappa shape index (κ1) is 29.0. The summed E-state index contributed by atoms with van der Waals surface area (Å²) in [6, 6.07) is 19.0. The zero-order chi connectivity index (χ0) is 28.9. The third-order valence-electron chi connectivity index (χ3n) is 6.06. The Morgan fingerprint density at radius 3 is 2.27 bits per heavy atom. The minimum absolute atomic E-state index is 0.135. The molecule has 0 spiro atoms. The van der Waals surface area contributed by atoms with Gasteiger partial charge in [0.15, 0.2) is 0 Å². The van der Waals surface area contributed by atoms with Crippen LogP contribution in [0.25, 0.3) is 0 Å². The molecule has 11 heteroatoms. The molecule has 4 rings (SSSR count). The van der Waals surface area contributed by atoms with E-state index < -0.39 is 51.9 Å². The number of hydrogen-bond acceptors (Lipinski definition) is 4. The van der Waals surface area contributed by atoms with E-state index in [1.165, 1.54) is 37.3 Å². The van der Waals surface area contributed by atoms with Gasteiger partial charge in [-0.05, 0) is 72.1 Å². The number of rotatable bonds is 9. The van der Waals surface area contributed by atoms with Crippen molar-refractivity contribution in [2.75, 3.05) is 4.31 Å². The number of alkyl carbamates (subject to hydrolysis) is 1. The summed E-state index contributed by atoms with van der Waals surface area (Å²) in [5, 5.41) is 2.86. The third kappa shape index (κ3) is 6.75. The molecule has 0 aliphatic rings. The average molecular weight is 589 g/mol. The second-order valence-corrected chi connectivity index (χ2v) is 11.0. The number of ether oxygens (including phenoxy) is 1. The standard InChI is InChI=1S/C29H24ClF3N2O4S/c1-19(26-13-9-23(31)15-21(26)18-39-29(36)34-17-20-5-3-2-4-6-20)35(28-16-24(32)10-14-27(28)33)40(37,38)25-11-7-22(30)8-12-25/h2-16,19H,17-18H2,1H3,(H,34,36)/t19-/m1/s1. The number of halogens is 4. The maximum absolute atomic E-state index is 15.0. The molecule has 0 heterocycles. The van der Waals surface area contributed by atoms with Gasteiger partial charge >= 0.3 is 6.09 Å². The fourth-order valence-corrected chi connectivity index (χ4v) is 5.88. The molecule has 4 aromatic carbocycles. The van der Waals surface area contributed by atoms with E-state index in [0.717, 1.165) is 35.9 Å². The highest BCUT2D eigenvalue weighted by atomic mass is 35.5. The highest BCUT2D eigenvalue weighted by molar-refractivity contribution is 7.92. The molecule has 0 saturated carbocycles. The number of benzene rings is 4. The first-order chi connectivity index (χ1) is 19.1. The van der Waals surface area contributed by atoms with Gasteiger partial charge in [0.05, 0.1) is 16.6 Å². The second-order valence-electron chi connectivity index (χ2n) is 8.78. The number of anilines is 1. The van der Waals surface area contributed by atoms with Crippen molar-refractivity contribution >= 4 is 33.4 Å². The van der Waals surface area contributed by atoms with Gasteiger partial charge in [0.2, 0.25) is 0 Å². The maximum atomic E-state index is 15.0. The van der Waals surface area contributed by atoms with E-state index in [1.807, 2.05) is 30.3 Å². The highest BCUT2D eigenvalue weighted by Gasteiger charge is 2.34. The van der Waals surface area contributed by atoms with Crippen LogP contribution in [0.1, 0.15) is 29.7 Å². The van der Waals surface area contributed by atoms with Gasteiger partial charge in [-0.15, -0.1) is 0 Å². The first-order valence-electron chi connectivity index (χ1n) is 12.0. The molecule has 1 amide bonds. The molecule has 6 nitrogen and oxygen atoms in total. The summed E-state index contributed by atoms with van der Waals surface area (Å²) in [6.07, 6.45) is -0.784. The molecule has 1 atom stereocenters. The predicted molar refractivity (Wildman–Crippen MR) is 146 cm³/mol. The van der Waals surface area contributed by atoms with Crippen LogP contribution in [-0.4, -0.2) is 14.5 Å². The van der Waals surface area contributed by atoms with Crippen molar-refractivity contribution in [3.63, 3.8) is 0 Å². The fourth-order valence-electron chi connectivity index (χ4n) is 4.12. The Hall–Kier alpha value is -4.02. The number of hydrogen-bond donors (Lipinski definition) is 1. The van der Waals surface area contributed by atoms with Crippen LogP contribution >= 0.6 is 11.6 Å². The number of carbonyl (C=O) groups is 1. The summed E-state index contributed by atoms with van der Waals surface area (Å²) in [4.78, 5) is 12.1. The monoisotopic (exact) mass is 588 g/mol. The SMILES string of the molecule is C[C@H](c1ccc(F)cc1COC(=O)NCc1ccccc1)N(c1cc(F)ccc1F)S(=O)(=O)c1ccc(Cl)cc1. The molecular formula is C29H24ClF3N2O4S. The Bertz CT molecular complexity index is 1600. The van der Waals surface area contributed by atoms with Crippen LogP contribution in [0, 0.1) is 17.5 Å². The van der Waals surface area contributed by atoms with E-state index >= 15 is 4.39 Å². The summed E-state index contributed by atoms with van der Waals surface area (Å²) in [7, 11) is -4.50. The van der Waals surface area contributed by atoms with Gasteiger partial charge in [0.1, 0.15) is 24.1 Å². The molecule has 0 bridgehead atoms. The summed E-state index contributed by atoms with van der Waals surface area (Å²) in [5.74, 6) is -2.52. The Kier molecular flexibility index (Phi) is 9.01. The Labute approximate surface area is 235 Å². The van der Waals surface area contributed by atoms with E-state index in [0.29, 0.717) is 4.31 Å². The van der Waals surface area contributed by atoms with Gasteiger partial charge in [-0.25, -0.2) is 26.4 Å². The molecule has 0 aliphatic heterocycles. The van der Waals surface area contributed by atoms with E-state index in [4.69, 9.17) is 16.3 Å². The number of nitrogens with zero attached hydrogens (tertiary/aromatic N) is 1. The van der Waals surface area contributed by atoms with Crippen LogP contribution in [0.3, 0.4) is 0 Å². The number of amides is 1. The zero-order valence-electron chi connectivity index (χ0n) is 21.2. The molecule has 0 aromatic heterocycles. The lowest BCUT2D eigenvalue weighted by molar-refractivity contribution is 0.138. The Morgan fingerprint density at radius 1 is 0.925 bits per heavy atom. The van der Waals surface area contributed by atoms with Gasteiger partial charge < -0.3 is 10.1 Å². The van der Waals surface area contributed by atoms with Gasteiger partial charge in [-0.3, -0.25) is 4.31 Å². The van der Waals surface area contributed by atoms with Crippen LogP contribution in [0.15, 0.2) is 95.9 Å². The molecule has 1 N–H and O–H groups in total. The van der Waals surface area contributed by atoms with Crippen LogP contribution in [0.5, 0.6) is 0 Å². The van der Waals surface area contributed by atoms with Crippen LogP contribution in [-0.2, 0) is 27.9 Å². The van der Waals surface area contributed by atoms with Crippen molar-refractivity contribution in [2.45, 2.75) is 31.0 Å². The third-order valence-corrected chi connectivity index (χ3v) is 8.21. The summed E-state index contributed by atoms with van der Waals surface area (Å²) >= 11 is 5.92. The molecule has 0 aliphatic carbocycles. The fraction of sp³-hybridized carbons (Fsp3) is 0.138. The normalized spacial score (nSPS) is 12.0. The summed E-state index contributed by atoms with van der Waals surface area (Å²) < 4.78 is 77.1. The molecular weight excluding hydrogens is 565 g/mol. The molecule has 0 radical (unpaired) electrons. The predicted octanol–water partition coefficient (Wildman–Crippen LogP) is 7.14. The van der Waals surface area contributed by atoms with E-state index in [9.17, 15) is 22.0 Å². The highest BCUT2D eigenvalue weighted by Crippen LogP contribution is 2.37. The second kappa shape index (κ2) is 12.4. The zero-order valence-corrected chi connectivity index (χ0v) is 22.7. The van der Waals surface area contributed by atoms with Crippen molar-refractivity contribution in [1.29, 1.82) is 0 Å². The lowest BCUT2D eigenvalue weighted by Gasteiger charge is -2.32. The van der Waals surface area contributed by atoms with E-state index in [2.05, 4.69) is 5.32 Å². The minimum Gasteiger partial charge on any atom is -0.445 e. The van der Waals surface area contributed by atoms with Crippen molar-refractivity contribution in [3.05, 3.63) is 130 Å². The van der Waals surface area contributed by atoms with Crippen molar-refractivity contribution < 1.29 is 31.1 Å².